The van der Waals surface area contributed by atoms with Gasteiger partial charge in [0.2, 0.25) is 0 Å². The maximum Gasteiger partial charge on any atom is 0.184 e. The van der Waals surface area contributed by atoms with Crippen LogP contribution in [-0.2, 0) is 20.4 Å². The van der Waals surface area contributed by atoms with Gasteiger partial charge in [-0.1, -0.05) is 26.0 Å². The average Bonchev–Trinajstić information content (AvgIpc) is 2.83. The first-order valence-electron chi connectivity index (χ1n) is 10.4. The van der Waals surface area contributed by atoms with E-state index in [1.165, 1.54) is 5.56 Å². The molecule has 0 aromatic heterocycles. The van der Waals surface area contributed by atoms with Crippen molar-refractivity contribution >= 4 is 19.9 Å². The highest BCUT2D eigenvalue weighted by atomic mass is 28.4. The molecule has 1 aliphatic rings. The normalized spacial score (nSPS) is 25.1. The molecule has 2 rings (SSSR count). The number of carbonyl (C=O) groups excluding carboxylic acids is 2. The fourth-order valence-electron chi connectivity index (χ4n) is 4.14. The lowest BCUT2D eigenvalue weighted by atomic mass is 9.79. The molecule has 0 spiro atoms. The molecule has 3 atom stereocenters. The Kier molecular flexibility index (Phi) is 7.63. The van der Waals surface area contributed by atoms with E-state index in [2.05, 4.69) is 25.7 Å². The van der Waals surface area contributed by atoms with E-state index in [0.717, 1.165) is 25.0 Å². The van der Waals surface area contributed by atoms with E-state index in [0.29, 0.717) is 19.3 Å². The van der Waals surface area contributed by atoms with Gasteiger partial charge in [0.1, 0.15) is 17.3 Å². The van der Waals surface area contributed by atoms with Crippen LogP contribution in [0.15, 0.2) is 24.3 Å². The predicted octanol–water partition coefficient (Wildman–Crippen LogP) is 5.20. The summed E-state index contributed by atoms with van der Waals surface area (Å²) in [4.78, 5) is 25.3. The zero-order valence-electron chi connectivity index (χ0n) is 18.3. The highest BCUT2D eigenvalue weighted by Gasteiger charge is 2.51. The van der Waals surface area contributed by atoms with Crippen LogP contribution in [0.4, 0.5) is 0 Å². The maximum absolute atomic E-state index is 12.8. The van der Waals surface area contributed by atoms with Gasteiger partial charge < -0.3 is 9.16 Å². The molecule has 1 aromatic rings. The van der Waals surface area contributed by atoms with E-state index in [4.69, 9.17) is 9.16 Å². The van der Waals surface area contributed by atoms with Gasteiger partial charge in [0.15, 0.2) is 8.32 Å². The first-order valence-corrected chi connectivity index (χ1v) is 13.8. The van der Waals surface area contributed by atoms with Gasteiger partial charge in [0.25, 0.3) is 0 Å². The standard InChI is InChI=1S/C23H36O4Si/c1-17-15-21(27-28(4,5)6)23(2,22(17)25)14-13-19(24)11-7-9-18-10-8-12-20(16-18)26-3/h8,10,12,16-17,21H,7,9,11,13-15H2,1-6H3/t17-,21-,23+/m0/s1. The molecule has 0 saturated heterocycles. The highest BCUT2D eigenvalue weighted by molar-refractivity contribution is 6.69. The van der Waals surface area contributed by atoms with Crippen molar-refractivity contribution in [2.24, 2.45) is 11.3 Å². The van der Waals surface area contributed by atoms with E-state index in [1.54, 1.807) is 7.11 Å². The minimum absolute atomic E-state index is 0.0227. The molecule has 4 nitrogen and oxygen atoms in total. The Morgan fingerprint density at radius 2 is 1.96 bits per heavy atom. The van der Waals surface area contributed by atoms with Crippen molar-refractivity contribution in [3.63, 3.8) is 0 Å². The summed E-state index contributed by atoms with van der Waals surface area (Å²) in [5.41, 5.74) is 0.657. The van der Waals surface area contributed by atoms with Crippen molar-refractivity contribution < 1.29 is 18.8 Å². The largest absolute Gasteiger partial charge is 0.497 e. The lowest BCUT2D eigenvalue weighted by Gasteiger charge is -2.34. The number of Topliss-reactive ketones (excluding diaryl/α,β-unsaturated/α-hetero) is 2. The molecule has 28 heavy (non-hydrogen) atoms. The van der Waals surface area contributed by atoms with Crippen molar-refractivity contribution in [3.8, 4) is 5.75 Å². The Labute approximate surface area is 171 Å². The van der Waals surface area contributed by atoms with Crippen molar-refractivity contribution in [1.82, 2.24) is 0 Å². The van der Waals surface area contributed by atoms with Crippen LogP contribution in [0.3, 0.4) is 0 Å². The van der Waals surface area contributed by atoms with Gasteiger partial charge >= 0.3 is 0 Å². The van der Waals surface area contributed by atoms with Crippen LogP contribution >= 0.6 is 0 Å². The molecular formula is C23H36O4Si. The van der Waals surface area contributed by atoms with Crippen molar-refractivity contribution in [2.45, 2.75) is 78.1 Å². The third-order valence-corrected chi connectivity index (χ3v) is 6.75. The van der Waals surface area contributed by atoms with E-state index in [9.17, 15) is 9.59 Å². The Balaban J connectivity index is 1.86. The number of rotatable bonds is 10. The fraction of sp³-hybridized carbons (Fsp3) is 0.652. The number of carbonyl (C=O) groups is 2. The van der Waals surface area contributed by atoms with E-state index >= 15 is 0 Å². The second kappa shape index (κ2) is 9.36. The minimum Gasteiger partial charge on any atom is -0.497 e. The number of benzene rings is 1. The molecule has 1 fully saturated rings. The predicted molar refractivity (Wildman–Crippen MR) is 115 cm³/mol. The Bertz CT molecular complexity index is 694. The topological polar surface area (TPSA) is 52.6 Å². The first-order chi connectivity index (χ1) is 13.0. The number of ketones is 2. The molecular weight excluding hydrogens is 368 g/mol. The molecule has 0 amide bonds. The molecule has 5 heteroatoms. The van der Waals surface area contributed by atoms with Gasteiger partial charge in [-0.2, -0.15) is 0 Å². The van der Waals surface area contributed by atoms with Gasteiger partial charge in [-0.25, -0.2) is 0 Å². The third-order valence-electron chi connectivity index (χ3n) is 5.76. The summed E-state index contributed by atoms with van der Waals surface area (Å²) in [5.74, 6) is 1.37. The van der Waals surface area contributed by atoms with Crippen molar-refractivity contribution in [3.05, 3.63) is 29.8 Å². The molecule has 0 aliphatic heterocycles. The summed E-state index contributed by atoms with van der Waals surface area (Å²) in [6.45, 7) is 10.5. The summed E-state index contributed by atoms with van der Waals surface area (Å²) in [6.07, 6.45) is 4.02. The molecule has 156 valence electrons. The first kappa shape index (κ1) is 22.8. The van der Waals surface area contributed by atoms with Crippen LogP contribution in [0.2, 0.25) is 19.6 Å². The smallest absolute Gasteiger partial charge is 0.184 e. The summed E-state index contributed by atoms with van der Waals surface area (Å²) < 4.78 is 11.6. The van der Waals surface area contributed by atoms with Gasteiger partial charge in [-0.15, -0.1) is 0 Å². The Hall–Kier alpha value is -1.46. The molecule has 1 aliphatic carbocycles. The molecule has 1 aromatic carbocycles. The third kappa shape index (κ3) is 6.02. The Morgan fingerprint density at radius 1 is 1.25 bits per heavy atom. The quantitative estimate of drug-likeness (QED) is 0.503. The summed E-state index contributed by atoms with van der Waals surface area (Å²) in [5, 5.41) is 0. The SMILES string of the molecule is COc1cccc(CCCC(=O)CC[C@@]2(C)C(=O)[C@@H](C)C[C@@H]2O[Si](C)(C)C)c1. The van der Waals surface area contributed by atoms with Gasteiger partial charge in [-0.05, 0) is 63.0 Å². The number of hydrogen-bond donors (Lipinski definition) is 0. The van der Waals surface area contributed by atoms with Gasteiger partial charge in [0.05, 0.1) is 18.6 Å². The van der Waals surface area contributed by atoms with Crippen molar-refractivity contribution in [2.75, 3.05) is 7.11 Å². The maximum atomic E-state index is 12.8. The molecule has 1 saturated carbocycles. The Morgan fingerprint density at radius 3 is 2.61 bits per heavy atom. The molecule has 0 bridgehead atoms. The van der Waals surface area contributed by atoms with Crippen LogP contribution in [-0.4, -0.2) is 33.1 Å². The zero-order chi connectivity index (χ0) is 20.9. The molecule has 0 heterocycles. The van der Waals surface area contributed by atoms with E-state index < -0.39 is 13.7 Å². The van der Waals surface area contributed by atoms with Crippen LogP contribution < -0.4 is 4.74 Å². The van der Waals surface area contributed by atoms with Crippen LogP contribution in [0, 0.1) is 11.3 Å². The average molecular weight is 405 g/mol. The summed E-state index contributed by atoms with van der Waals surface area (Å²) in [7, 11) is -0.0800. The van der Waals surface area contributed by atoms with E-state index in [-0.39, 0.29) is 23.6 Å². The minimum atomic E-state index is -1.74. The van der Waals surface area contributed by atoms with Crippen LogP contribution in [0.1, 0.15) is 51.5 Å². The van der Waals surface area contributed by atoms with E-state index in [1.807, 2.05) is 32.0 Å². The van der Waals surface area contributed by atoms with Gasteiger partial charge in [0, 0.05) is 18.8 Å². The van der Waals surface area contributed by atoms with Crippen LogP contribution in [0.25, 0.3) is 0 Å². The number of methoxy groups -OCH3 is 1. The number of ether oxygens (including phenoxy) is 1. The molecule has 0 unspecified atom stereocenters. The second-order valence-electron chi connectivity index (χ2n) is 9.38. The summed E-state index contributed by atoms with van der Waals surface area (Å²) >= 11 is 0. The lowest BCUT2D eigenvalue weighted by molar-refractivity contribution is -0.131. The van der Waals surface area contributed by atoms with Crippen molar-refractivity contribution in [1.29, 1.82) is 0 Å². The number of hydrogen-bond acceptors (Lipinski definition) is 4. The summed E-state index contributed by atoms with van der Waals surface area (Å²) in [6, 6.07) is 7.98. The highest BCUT2D eigenvalue weighted by Crippen LogP contribution is 2.44. The van der Waals surface area contributed by atoms with Crippen LogP contribution in [0.5, 0.6) is 5.75 Å². The van der Waals surface area contributed by atoms with Gasteiger partial charge in [-0.3, -0.25) is 9.59 Å². The molecule has 0 N–H and O–H groups in total. The zero-order valence-corrected chi connectivity index (χ0v) is 19.3. The fourth-order valence-corrected chi connectivity index (χ4v) is 5.35. The molecule has 0 radical (unpaired) electrons. The lowest BCUT2D eigenvalue weighted by Crippen LogP contribution is -2.42. The second-order valence-corrected chi connectivity index (χ2v) is 13.8. The number of aryl methyl sites for hydroxylation is 1. The monoisotopic (exact) mass is 404 g/mol.